The van der Waals surface area contributed by atoms with Gasteiger partial charge in [-0.05, 0) is 62.1 Å². The van der Waals surface area contributed by atoms with Crippen LogP contribution in [0.2, 0.25) is 0 Å². The van der Waals surface area contributed by atoms with Crippen LogP contribution in [0.4, 0.5) is 5.69 Å². The van der Waals surface area contributed by atoms with Crippen molar-refractivity contribution in [2.45, 2.75) is 26.3 Å². The third kappa shape index (κ3) is 4.19. The number of hydrogen-bond acceptors (Lipinski definition) is 6. The second kappa shape index (κ2) is 9.16. The summed E-state index contributed by atoms with van der Waals surface area (Å²) in [7, 11) is 3.30. The molecule has 0 unspecified atom stereocenters. The SMILES string of the molecule is C=CCN(C)C(=O)c1ccsc1C=C1Oc2ccc(O)c(OC)c2-c2ccc3c(c21)C(C)=CC(C)(C)N3. The lowest BCUT2D eigenvalue weighted by Gasteiger charge is -2.35. The fourth-order valence-electron chi connectivity index (χ4n) is 5.16. The number of anilines is 1. The smallest absolute Gasteiger partial charge is 0.255 e. The zero-order valence-electron chi connectivity index (χ0n) is 21.6. The summed E-state index contributed by atoms with van der Waals surface area (Å²) in [4.78, 5) is 15.6. The number of allylic oxidation sites excluding steroid dienone is 1. The minimum atomic E-state index is -0.207. The molecular formula is C30H30N2O4S. The Bertz CT molecular complexity index is 1500. The molecule has 37 heavy (non-hydrogen) atoms. The first-order chi connectivity index (χ1) is 17.6. The molecule has 0 radical (unpaired) electrons. The molecule has 3 heterocycles. The van der Waals surface area contributed by atoms with Gasteiger partial charge in [0.05, 0.1) is 23.8 Å². The summed E-state index contributed by atoms with van der Waals surface area (Å²) in [5.41, 5.74) is 6.00. The number of hydrogen-bond donors (Lipinski definition) is 2. The molecule has 0 aliphatic carbocycles. The quantitative estimate of drug-likeness (QED) is 0.363. The van der Waals surface area contributed by atoms with E-state index in [2.05, 4.69) is 44.8 Å². The number of phenols is 1. The molecule has 0 spiro atoms. The number of thiophene rings is 1. The van der Waals surface area contributed by atoms with Crippen molar-refractivity contribution in [1.29, 1.82) is 0 Å². The summed E-state index contributed by atoms with van der Waals surface area (Å²) in [5, 5.41) is 16.1. The lowest BCUT2D eigenvalue weighted by atomic mass is 9.83. The van der Waals surface area contributed by atoms with Crippen molar-refractivity contribution in [2.75, 3.05) is 26.0 Å². The van der Waals surface area contributed by atoms with Crippen LogP contribution in [-0.4, -0.2) is 42.2 Å². The summed E-state index contributed by atoms with van der Waals surface area (Å²) in [6.07, 6.45) is 5.85. The van der Waals surface area contributed by atoms with Crippen molar-refractivity contribution in [3.63, 3.8) is 0 Å². The van der Waals surface area contributed by atoms with Gasteiger partial charge in [-0.25, -0.2) is 0 Å². The zero-order valence-corrected chi connectivity index (χ0v) is 22.5. The molecule has 2 N–H and O–H groups in total. The molecule has 2 aromatic carbocycles. The van der Waals surface area contributed by atoms with E-state index in [1.165, 1.54) is 18.4 Å². The zero-order chi connectivity index (χ0) is 26.5. The number of carbonyl (C=O) groups is 1. The number of phenolic OH excluding ortho intramolecular Hbond substituents is 1. The van der Waals surface area contributed by atoms with Crippen LogP contribution in [0.15, 0.2) is 54.4 Å². The molecule has 190 valence electrons. The van der Waals surface area contributed by atoms with E-state index in [-0.39, 0.29) is 17.2 Å². The van der Waals surface area contributed by atoms with E-state index in [1.807, 2.05) is 23.6 Å². The molecule has 2 aliphatic rings. The highest BCUT2D eigenvalue weighted by molar-refractivity contribution is 7.11. The molecule has 2 aliphatic heterocycles. The molecule has 1 aromatic heterocycles. The number of rotatable bonds is 5. The third-order valence-corrected chi connectivity index (χ3v) is 7.47. The molecule has 0 bridgehead atoms. The average molecular weight is 515 g/mol. The van der Waals surface area contributed by atoms with Crippen molar-refractivity contribution in [3.05, 3.63) is 76.0 Å². The number of likely N-dealkylation sites (N-methyl/N-ethyl adjacent to an activating group) is 1. The summed E-state index contributed by atoms with van der Waals surface area (Å²) in [5.74, 6) is 1.53. The van der Waals surface area contributed by atoms with Gasteiger partial charge in [0.15, 0.2) is 11.5 Å². The van der Waals surface area contributed by atoms with Gasteiger partial charge in [0.1, 0.15) is 11.5 Å². The lowest BCUT2D eigenvalue weighted by Crippen LogP contribution is -2.32. The Hall–Kier alpha value is -3.97. The fraction of sp³-hybridized carbons (Fsp3) is 0.233. The van der Waals surface area contributed by atoms with Gasteiger partial charge in [-0.15, -0.1) is 17.9 Å². The van der Waals surface area contributed by atoms with E-state index < -0.39 is 0 Å². The summed E-state index contributed by atoms with van der Waals surface area (Å²) in [6.45, 7) is 10.6. The maximum atomic E-state index is 13.1. The van der Waals surface area contributed by atoms with Gasteiger partial charge >= 0.3 is 0 Å². The highest BCUT2D eigenvalue weighted by atomic mass is 32.1. The van der Waals surface area contributed by atoms with Crippen LogP contribution in [0.25, 0.3) is 28.5 Å². The number of fused-ring (bicyclic) bond motifs is 5. The Morgan fingerprint density at radius 1 is 1.22 bits per heavy atom. The molecule has 3 aromatic rings. The highest BCUT2D eigenvalue weighted by Gasteiger charge is 2.33. The number of methoxy groups -OCH3 is 1. The number of nitrogens with zero attached hydrogens (tertiary/aromatic N) is 1. The van der Waals surface area contributed by atoms with Gasteiger partial charge in [-0.2, -0.15) is 0 Å². The molecule has 6 nitrogen and oxygen atoms in total. The van der Waals surface area contributed by atoms with Gasteiger partial charge in [0, 0.05) is 40.8 Å². The first-order valence-electron chi connectivity index (χ1n) is 12.0. The Kier molecular flexibility index (Phi) is 6.12. The predicted molar refractivity (Wildman–Crippen MR) is 151 cm³/mol. The van der Waals surface area contributed by atoms with Crippen LogP contribution >= 0.6 is 11.3 Å². The monoisotopic (exact) mass is 514 g/mol. The number of carbonyl (C=O) groups excluding carboxylic acids is 1. The van der Waals surface area contributed by atoms with Crippen molar-refractivity contribution in [2.24, 2.45) is 0 Å². The van der Waals surface area contributed by atoms with Crippen LogP contribution in [0.3, 0.4) is 0 Å². The van der Waals surface area contributed by atoms with E-state index >= 15 is 0 Å². The van der Waals surface area contributed by atoms with Gasteiger partial charge in [0.25, 0.3) is 5.91 Å². The van der Waals surface area contributed by atoms with Crippen molar-refractivity contribution >= 4 is 40.3 Å². The van der Waals surface area contributed by atoms with E-state index in [0.29, 0.717) is 34.9 Å². The maximum Gasteiger partial charge on any atom is 0.255 e. The van der Waals surface area contributed by atoms with Crippen molar-refractivity contribution in [1.82, 2.24) is 4.90 Å². The number of amides is 1. The molecular weight excluding hydrogens is 484 g/mol. The van der Waals surface area contributed by atoms with Crippen LogP contribution in [-0.2, 0) is 0 Å². The predicted octanol–water partition coefficient (Wildman–Crippen LogP) is 6.89. The van der Waals surface area contributed by atoms with E-state index in [0.717, 1.165) is 32.8 Å². The van der Waals surface area contributed by atoms with Gasteiger partial charge < -0.3 is 24.8 Å². The molecule has 0 saturated heterocycles. The second-order valence-electron chi connectivity index (χ2n) is 9.86. The van der Waals surface area contributed by atoms with Crippen LogP contribution in [0.1, 0.15) is 47.1 Å². The minimum absolute atomic E-state index is 0.0452. The number of ether oxygens (including phenoxy) is 2. The first-order valence-corrected chi connectivity index (χ1v) is 12.9. The van der Waals surface area contributed by atoms with E-state index in [4.69, 9.17) is 9.47 Å². The second-order valence-corrected chi connectivity index (χ2v) is 10.8. The Morgan fingerprint density at radius 3 is 2.73 bits per heavy atom. The molecule has 0 fully saturated rings. The maximum absolute atomic E-state index is 13.1. The molecule has 5 rings (SSSR count). The number of benzene rings is 2. The van der Waals surface area contributed by atoms with Gasteiger partial charge in [0.2, 0.25) is 0 Å². The summed E-state index contributed by atoms with van der Waals surface area (Å²) in [6, 6.07) is 9.25. The van der Waals surface area contributed by atoms with Gasteiger partial charge in [-0.1, -0.05) is 18.2 Å². The van der Waals surface area contributed by atoms with Gasteiger partial charge in [-0.3, -0.25) is 4.79 Å². The normalized spacial score (nSPS) is 15.9. The average Bonchev–Trinajstić information content (AvgIpc) is 3.30. The Morgan fingerprint density at radius 2 is 2.00 bits per heavy atom. The number of aromatic hydroxyl groups is 1. The topological polar surface area (TPSA) is 71.0 Å². The van der Waals surface area contributed by atoms with Crippen molar-refractivity contribution in [3.8, 4) is 28.4 Å². The highest BCUT2D eigenvalue weighted by Crippen LogP contribution is 2.54. The molecule has 0 atom stereocenters. The van der Waals surface area contributed by atoms with Crippen LogP contribution in [0.5, 0.6) is 17.2 Å². The van der Waals surface area contributed by atoms with E-state index in [9.17, 15) is 9.90 Å². The summed E-state index contributed by atoms with van der Waals surface area (Å²) < 4.78 is 12.1. The Labute approximate surface area is 221 Å². The largest absolute Gasteiger partial charge is 0.504 e. The third-order valence-electron chi connectivity index (χ3n) is 6.61. The first kappa shape index (κ1) is 24.7. The van der Waals surface area contributed by atoms with Crippen LogP contribution < -0.4 is 14.8 Å². The lowest BCUT2D eigenvalue weighted by molar-refractivity contribution is 0.0810. The fourth-order valence-corrected chi connectivity index (χ4v) is 5.97. The van der Waals surface area contributed by atoms with Crippen LogP contribution in [0, 0.1) is 0 Å². The van der Waals surface area contributed by atoms with E-state index in [1.54, 1.807) is 30.2 Å². The standard InChI is InChI=1S/C30H30N2O4S/c1-7-13-32(5)29(34)18-12-14-37-24(18)15-23-26-19(27-22(36-23)11-10-21(33)28(27)35-6)8-9-20-25(26)17(2)16-30(3,4)31-20/h7-12,14-16,31,33H,1,13H2,2-6H3. The number of nitrogens with one attached hydrogen (secondary N) is 1. The molecule has 0 saturated carbocycles. The molecule has 1 amide bonds. The summed E-state index contributed by atoms with van der Waals surface area (Å²) >= 11 is 1.49. The Balaban J connectivity index is 1.76. The van der Waals surface area contributed by atoms with Crippen molar-refractivity contribution < 1.29 is 19.4 Å². The molecule has 7 heteroatoms. The minimum Gasteiger partial charge on any atom is -0.504 e.